The molecule has 0 heteroatoms. The summed E-state index contributed by atoms with van der Waals surface area (Å²) >= 11 is 0. The van der Waals surface area contributed by atoms with Gasteiger partial charge >= 0.3 is 0 Å². The van der Waals surface area contributed by atoms with Crippen molar-refractivity contribution in [3.05, 3.63) is 6.42 Å². The highest BCUT2D eigenvalue weighted by atomic mass is 14.5. The monoisotopic (exact) mass is 135 g/mol. The van der Waals surface area contributed by atoms with Crippen LogP contribution in [-0.2, 0) is 0 Å². The Morgan fingerprint density at radius 2 is 2.00 bits per heavy atom. The van der Waals surface area contributed by atoms with Gasteiger partial charge in [-0.3, -0.25) is 0 Å². The molecule has 1 radical (unpaired) electrons. The third kappa shape index (κ3) is 0.627. The first-order chi connectivity index (χ1) is 4.92. The van der Waals surface area contributed by atoms with E-state index in [0.29, 0.717) is 0 Å². The second-order valence-corrected chi connectivity index (χ2v) is 4.53. The summed E-state index contributed by atoms with van der Waals surface area (Å²) in [6.45, 7) is 0. The predicted octanol–water partition coefficient (Wildman–Crippen LogP) is 2.65. The van der Waals surface area contributed by atoms with E-state index < -0.39 is 0 Å². The smallest absolute Gasteiger partial charge is 0.0321 e. The zero-order valence-electron chi connectivity index (χ0n) is 6.42. The van der Waals surface area contributed by atoms with Crippen LogP contribution in [0.5, 0.6) is 0 Å². The van der Waals surface area contributed by atoms with Gasteiger partial charge in [-0.25, -0.2) is 0 Å². The minimum atomic E-state index is 1.05. The first-order valence-electron chi connectivity index (χ1n) is 4.77. The van der Waals surface area contributed by atoms with Crippen LogP contribution in [0.2, 0.25) is 0 Å². The second-order valence-electron chi connectivity index (χ2n) is 4.53. The molecule has 3 aliphatic rings. The van der Waals surface area contributed by atoms with Crippen LogP contribution in [-0.4, -0.2) is 0 Å². The standard InChI is InChI=1S/C10H15/c1-2-9-5-8-3-7(1)4-10(9)6-8/h5,7-10H,1-4,6H2. The quantitative estimate of drug-likeness (QED) is 0.479. The molecule has 0 aromatic carbocycles. The Hall–Kier alpha value is 0. The molecule has 0 heterocycles. The summed E-state index contributed by atoms with van der Waals surface area (Å²) in [5, 5.41) is 0. The van der Waals surface area contributed by atoms with Gasteiger partial charge in [0.05, 0.1) is 0 Å². The van der Waals surface area contributed by atoms with Gasteiger partial charge in [0.1, 0.15) is 0 Å². The molecule has 3 saturated carbocycles. The van der Waals surface area contributed by atoms with Gasteiger partial charge in [-0.2, -0.15) is 0 Å². The van der Waals surface area contributed by atoms with E-state index in [4.69, 9.17) is 0 Å². The van der Waals surface area contributed by atoms with E-state index in [1.807, 2.05) is 0 Å². The highest BCUT2D eigenvalue weighted by Gasteiger charge is 2.43. The SMILES string of the molecule is [CH]1C2CC3CCC1C(C2)C3. The fourth-order valence-electron chi connectivity index (χ4n) is 3.54. The van der Waals surface area contributed by atoms with Crippen molar-refractivity contribution in [1.82, 2.24) is 0 Å². The Bertz CT molecular complexity index is 140. The fraction of sp³-hybridized carbons (Fsp3) is 0.900. The molecule has 3 bridgehead atoms. The highest BCUT2D eigenvalue weighted by molar-refractivity contribution is 5.04. The normalized spacial score (nSPS) is 57.6. The van der Waals surface area contributed by atoms with E-state index in [0.717, 1.165) is 23.7 Å². The molecule has 4 unspecified atom stereocenters. The van der Waals surface area contributed by atoms with E-state index >= 15 is 0 Å². The zero-order valence-corrected chi connectivity index (χ0v) is 6.42. The van der Waals surface area contributed by atoms with Crippen LogP contribution >= 0.6 is 0 Å². The molecule has 0 nitrogen and oxygen atoms in total. The van der Waals surface area contributed by atoms with Crippen LogP contribution in [0.25, 0.3) is 0 Å². The van der Waals surface area contributed by atoms with Gasteiger partial charge in [-0.05, 0) is 55.8 Å². The van der Waals surface area contributed by atoms with Crippen molar-refractivity contribution in [1.29, 1.82) is 0 Å². The predicted molar refractivity (Wildman–Crippen MR) is 41.3 cm³/mol. The number of fused-ring (bicyclic) bond motifs is 2. The summed E-state index contributed by atoms with van der Waals surface area (Å²) < 4.78 is 0. The molecular weight excluding hydrogens is 120 g/mol. The van der Waals surface area contributed by atoms with E-state index in [2.05, 4.69) is 6.42 Å². The Morgan fingerprint density at radius 1 is 1.00 bits per heavy atom. The van der Waals surface area contributed by atoms with Crippen LogP contribution in [0.15, 0.2) is 0 Å². The minimum Gasteiger partial charge on any atom is -0.0501 e. The highest BCUT2D eigenvalue weighted by Crippen LogP contribution is 2.54. The number of rotatable bonds is 0. The molecule has 0 saturated heterocycles. The van der Waals surface area contributed by atoms with Gasteiger partial charge in [0, 0.05) is 0 Å². The molecule has 55 valence electrons. The van der Waals surface area contributed by atoms with Crippen molar-refractivity contribution in [3.63, 3.8) is 0 Å². The Kier molecular flexibility index (Phi) is 1.00. The average Bonchev–Trinajstić information content (AvgIpc) is 2.11. The van der Waals surface area contributed by atoms with Gasteiger partial charge in [0.2, 0.25) is 0 Å². The lowest BCUT2D eigenvalue weighted by Crippen LogP contribution is -2.22. The molecule has 10 heavy (non-hydrogen) atoms. The van der Waals surface area contributed by atoms with Crippen molar-refractivity contribution in [2.24, 2.45) is 23.7 Å². The summed E-state index contributed by atoms with van der Waals surface area (Å²) in [7, 11) is 0. The van der Waals surface area contributed by atoms with Crippen LogP contribution < -0.4 is 0 Å². The maximum Gasteiger partial charge on any atom is -0.0321 e. The molecule has 0 aromatic rings. The lowest BCUT2D eigenvalue weighted by molar-refractivity contribution is 0.178. The van der Waals surface area contributed by atoms with Crippen LogP contribution in [0.1, 0.15) is 32.1 Å². The maximum atomic E-state index is 2.68. The molecule has 0 aliphatic heterocycles. The molecule has 3 fully saturated rings. The van der Waals surface area contributed by atoms with Crippen molar-refractivity contribution in [2.75, 3.05) is 0 Å². The summed E-state index contributed by atoms with van der Waals surface area (Å²) in [6.07, 6.45) is 10.4. The summed E-state index contributed by atoms with van der Waals surface area (Å²) in [4.78, 5) is 0. The largest absolute Gasteiger partial charge is 0.0501 e. The summed E-state index contributed by atoms with van der Waals surface area (Å²) in [5.74, 6) is 4.39. The molecule has 4 atom stereocenters. The molecule has 0 N–H and O–H groups in total. The minimum absolute atomic E-state index is 1.05. The third-order valence-electron chi connectivity index (χ3n) is 3.91. The maximum absolute atomic E-state index is 2.68. The topological polar surface area (TPSA) is 0 Å². The molecule has 3 rings (SSSR count). The molecule has 0 aromatic heterocycles. The van der Waals surface area contributed by atoms with Crippen molar-refractivity contribution in [2.45, 2.75) is 32.1 Å². The Labute approximate surface area is 63.0 Å². The fourth-order valence-corrected chi connectivity index (χ4v) is 3.54. The van der Waals surface area contributed by atoms with Crippen LogP contribution in [0, 0.1) is 30.1 Å². The second kappa shape index (κ2) is 1.78. The third-order valence-corrected chi connectivity index (χ3v) is 3.91. The Balaban J connectivity index is 1.94. The van der Waals surface area contributed by atoms with Gasteiger partial charge in [0.15, 0.2) is 0 Å². The zero-order chi connectivity index (χ0) is 6.55. The van der Waals surface area contributed by atoms with E-state index in [1.165, 1.54) is 6.42 Å². The van der Waals surface area contributed by atoms with E-state index in [1.54, 1.807) is 25.7 Å². The van der Waals surface area contributed by atoms with Crippen molar-refractivity contribution < 1.29 is 0 Å². The summed E-state index contributed by atoms with van der Waals surface area (Å²) in [5.41, 5.74) is 0. The number of hydrogen-bond donors (Lipinski definition) is 0. The van der Waals surface area contributed by atoms with Gasteiger partial charge < -0.3 is 0 Å². The van der Waals surface area contributed by atoms with Gasteiger partial charge in [-0.15, -0.1) is 0 Å². The molecule has 0 amide bonds. The first kappa shape index (κ1) is 5.62. The van der Waals surface area contributed by atoms with Crippen molar-refractivity contribution in [3.8, 4) is 0 Å². The average molecular weight is 135 g/mol. The van der Waals surface area contributed by atoms with Gasteiger partial charge in [0.25, 0.3) is 0 Å². The van der Waals surface area contributed by atoms with Gasteiger partial charge in [-0.1, -0.05) is 6.42 Å². The van der Waals surface area contributed by atoms with Crippen molar-refractivity contribution >= 4 is 0 Å². The van der Waals surface area contributed by atoms with Crippen LogP contribution in [0.4, 0.5) is 0 Å². The van der Waals surface area contributed by atoms with Crippen LogP contribution in [0.3, 0.4) is 0 Å². The summed E-state index contributed by atoms with van der Waals surface area (Å²) in [6, 6.07) is 0. The number of hydrogen-bond acceptors (Lipinski definition) is 0. The van der Waals surface area contributed by atoms with E-state index in [-0.39, 0.29) is 0 Å². The molecule has 0 spiro atoms. The van der Waals surface area contributed by atoms with E-state index in [9.17, 15) is 0 Å². The molecule has 3 aliphatic carbocycles. The Morgan fingerprint density at radius 3 is 3.00 bits per heavy atom. The molecular formula is C10H15. The lowest BCUT2D eigenvalue weighted by atomic mass is 9.72. The lowest BCUT2D eigenvalue weighted by Gasteiger charge is -2.33. The first-order valence-corrected chi connectivity index (χ1v) is 4.77.